The number of rotatable bonds is 5. The molecule has 0 aliphatic heterocycles. The predicted octanol–water partition coefficient (Wildman–Crippen LogP) is 3.49. The Labute approximate surface area is 133 Å². The Morgan fingerprint density at radius 2 is 2.27 bits per heavy atom. The fraction of sp³-hybridized carbons (Fsp3) is 0.312. The molecule has 0 aliphatic carbocycles. The van der Waals surface area contributed by atoms with Gasteiger partial charge >= 0.3 is 5.97 Å². The van der Waals surface area contributed by atoms with E-state index in [2.05, 4.69) is 11.1 Å². The zero-order chi connectivity index (χ0) is 16.1. The maximum atomic E-state index is 11.5. The minimum absolute atomic E-state index is 0.121. The number of hydrogen-bond acceptors (Lipinski definition) is 6. The molecule has 0 unspecified atom stereocenters. The molecule has 5 nitrogen and oxygen atoms in total. The van der Waals surface area contributed by atoms with E-state index in [0.717, 1.165) is 16.8 Å². The van der Waals surface area contributed by atoms with Crippen molar-refractivity contribution in [2.75, 3.05) is 12.4 Å². The number of furan rings is 1. The van der Waals surface area contributed by atoms with E-state index < -0.39 is 0 Å². The summed E-state index contributed by atoms with van der Waals surface area (Å²) >= 11 is 1.20. The monoisotopic (exact) mass is 316 g/mol. The molecule has 6 heteroatoms. The van der Waals surface area contributed by atoms with Gasteiger partial charge in [-0.3, -0.25) is 4.79 Å². The summed E-state index contributed by atoms with van der Waals surface area (Å²) in [6, 6.07) is 5.76. The van der Waals surface area contributed by atoms with Crippen LogP contribution in [0.5, 0.6) is 0 Å². The first-order valence-electron chi connectivity index (χ1n) is 6.82. The summed E-state index contributed by atoms with van der Waals surface area (Å²) in [5, 5.41) is 10.0. The van der Waals surface area contributed by atoms with Crippen molar-refractivity contribution < 1.29 is 13.9 Å². The molecule has 0 aliphatic rings. The third kappa shape index (κ3) is 3.31. The van der Waals surface area contributed by atoms with Gasteiger partial charge in [-0.15, -0.1) is 0 Å². The van der Waals surface area contributed by atoms with Crippen molar-refractivity contribution in [2.45, 2.75) is 25.8 Å². The minimum atomic E-state index is -0.323. The Hall–Kier alpha value is -2.26. The lowest BCUT2D eigenvalue weighted by molar-refractivity contribution is -0.139. The van der Waals surface area contributed by atoms with E-state index >= 15 is 0 Å². The maximum Gasteiger partial charge on any atom is 0.316 e. The van der Waals surface area contributed by atoms with Crippen LogP contribution in [-0.2, 0) is 9.53 Å². The smallest absolute Gasteiger partial charge is 0.316 e. The molecular formula is C16H16N2O3S. The number of carbonyl (C=O) groups excluding carboxylic acids is 1. The van der Waals surface area contributed by atoms with Gasteiger partial charge in [0.2, 0.25) is 0 Å². The SMILES string of the molecule is CCOC(=O)CSc1nc(C)c(C)c(-c2ccco2)c1C#N. The molecule has 0 spiro atoms. The number of aryl methyl sites for hydroxylation is 1. The first kappa shape index (κ1) is 16.1. The summed E-state index contributed by atoms with van der Waals surface area (Å²) in [6.07, 6.45) is 1.57. The lowest BCUT2D eigenvalue weighted by Gasteiger charge is -2.12. The van der Waals surface area contributed by atoms with Gasteiger partial charge in [0.05, 0.1) is 24.2 Å². The molecule has 0 fully saturated rings. The molecule has 2 heterocycles. The van der Waals surface area contributed by atoms with E-state index in [-0.39, 0.29) is 11.7 Å². The number of pyridine rings is 1. The molecule has 0 N–H and O–H groups in total. The molecule has 0 amide bonds. The number of aromatic nitrogens is 1. The first-order chi connectivity index (χ1) is 10.6. The van der Waals surface area contributed by atoms with Crippen LogP contribution in [0.3, 0.4) is 0 Å². The highest BCUT2D eigenvalue weighted by Crippen LogP contribution is 2.34. The van der Waals surface area contributed by atoms with Crippen LogP contribution >= 0.6 is 11.8 Å². The Morgan fingerprint density at radius 3 is 2.86 bits per heavy atom. The highest BCUT2D eigenvalue weighted by Gasteiger charge is 2.20. The molecule has 0 radical (unpaired) electrons. The third-order valence-electron chi connectivity index (χ3n) is 3.16. The van der Waals surface area contributed by atoms with Gasteiger partial charge in [0.15, 0.2) is 0 Å². The minimum Gasteiger partial charge on any atom is -0.465 e. The topological polar surface area (TPSA) is 76.1 Å². The zero-order valence-corrected chi connectivity index (χ0v) is 13.5. The number of nitrogens with zero attached hydrogens (tertiary/aromatic N) is 2. The fourth-order valence-corrected chi connectivity index (χ4v) is 2.87. The van der Waals surface area contributed by atoms with Crippen LogP contribution in [0.25, 0.3) is 11.3 Å². The molecular weight excluding hydrogens is 300 g/mol. The van der Waals surface area contributed by atoms with Crippen LogP contribution in [0.1, 0.15) is 23.7 Å². The van der Waals surface area contributed by atoms with Crippen molar-refractivity contribution in [3.63, 3.8) is 0 Å². The van der Waals surface area contributed by atoms with Gasteiger partial charge in [0.25, 0.3) is 0 Å². The molecule has 0 aromatic carbocycles. The number of hydrogen-bond donors (Lipinski definition) is 0. The average Bonchev–Trinajstić information content (AvgIpc) is 3.02. The van der Waals surface area contributed by atoms with E-state index in [1.54, 1.807) is 19.3 Å². The Kier molecular flexibility index (Phi) is 5.23. The van der Waals surface area contributed by atoms with Gasteiger partial charge in [0, 0.05) is 11.3 Å². The lowest BCUT2D eigenvalue weighted by atomic mass is 10.0. The molecule has 0 bridgehead atoms. The van der Waals surface area contributed by atoms with Gasteiger partial charge < -0.3 is 9.15 Å². The number of carbonyl (C=O) groups is 1. The predicted molar refractivity (Wildman–Crippen MR) is 83.5 cm³/mol. The summed E-state index contributed by atoms with van der Waals surface area (Å²) in [6.45, 7) is 5.87. The highest BCUT2D eigenvalue weighted by molar-refractivity contribution is 7.99. The van der Waals surface area contributed by atoms with Gasteiger partial charge in [-0.25, -0.2) is 4.98 Å². The van der Waals surface area contributed by atoms with Crippen molar-refractivity contribution in [3.05, 3.63) is 35.2 Å². The molecule has 0 saturated carbocycles. The van der Waals surface area contributed by atoms with Crippen LogP contribution in [0.15, 0.2) is 27.8 Å². The summed E-state index contributed by atoms with van der Waals surface area (Å²) < 4.78 is 10.3. The van der Waals surface area contributed by atoms with E-state index in [1.807, 2.05) is 19.9 Å². The van der Waals surface area contributed by atoms with Crippen LogP contribution in [0, 0.1) is 25.2 Å². The standard InChI is InChI=1S/C16H16N2O3S/c1-4-20-14(19)9-22-16-12(8-17)15(10(2)11(3)18-16)13-6-5-7-21-13/h5-7H,4,9H2,1-3H3. The molecule has 0 atom stereocenters. The third-order valence-corrected chi connectivity index (χ3v) is 4.11. The Morgan fingerprint density at radius 1 is 1.50 bits per heavy atom. The molecule has 2 rings (SSSR count). The maximum absolute atomic E-state index is 11.5. The molecule has 2 aromatic heterocycles. The number of thioether (sulfide) groups is 1. The highest BCUT2D eigenvalue weighted by atomic mass is 32.2. The molecule has 22 heavy (non-hydrogen) atoms. The quantitative estimate of drug-likeness (QED) is 0.621. The van der Waals surface area contributed by atoms with E-state index in [0.29, 0.717) is 23.0 Å². The number of nitriles is 1. The van der Waals surface area contributed by atoms with E-state index in [9.17, 15) is 10.1 Å². The summed E-state index contributed by atoms with van der Waals surface area (Å²) in [5.74, 6) is 0.420. The van der Waals surface area contributed by atoms with Crippen molar-refractivity contribution in [1.82, 2.24) is 4.98 Å². The van der Waals surface area contributed by atoms with Gasteiger partial charge in [-0.2, -0.15) is 5.26 Å². The Balaban J connectivity index is 2.43. The normalized spacial score (nSPS) is 10.3. The second-order valence-corrected chi connectivity index (χ2v) is 5.52. The van der Waals surface area contributed by atoms with Crippen molar-refractivity contribution >= 4 is 17.7 Å². The van der Waals surface area contributed by atoms with E-state index in [1.165, 1.54) is 11.8 Å². The van der Waals surface area contributed by atoms with Crippen LogP contribution in [0.4, 0.5) is 0 Å². The van der Waals surface area contributed by atoms with Crippen LogP contribution in [0.2, 0.25) is 0 Å². The van der Waals surface area contributed by atoms with Gasteiger partial charge in [-0.1, -0.05) is 11.8 Å². The van der Waals surface area contributed by atoms with E-state index in [4.69, 9.17) is 9.15 Å². The summed E-state index contributed by atoms with van der Waals surface area (Å²) in [5.41, 5.74) is 2.85. The fourth-order valence-electron chi connectivity index (χ4n) is 2.03. The van der Waals surface area contributed by atoms with Crippen molar-refractivity contribution in [1.29, 1.82) is 5.26 Å². The largest absolute Gasteiger partial charge is 0.465 e. The van der Waals surface area contributed by atoms with Crippen LogP contribution < -0.4 is 0 Å². The lowest BCUT2D eigenvalue weighted by Crippen LogP contribution is -2.08. The van der Waals surface area contributed by atoms with Crippen molar-refractivity contribution in [2.24, 2.45) is 0 Å². The van der Waals surface area contributed by atoms with Gasteiger partial charge in [-0.05, 0) is 38.5 Å². The first-order valence-corrected chi connectivity index (χ1v) is 7.80. The molecule has 0 saturated heterocycles. The number of esters is 1. The second-order valence-electron chi connectivity index (χ2n) is 4.56. The Bertz CT molecular complexity index is 718. The molecule has 114 valence electrons. The number of ether oxygens (including phenoxy) is 1. The summed E-state index contributed by atoms with van der Waals surface area (Å²) in [7, 11) is 0. The summed E-state index contributed by atoms with van der Waals surface area (Å²) in [4.78, 5) is 15.9. The molecule has 2 aromatic rings. The second kappa shape index (κ2) is 7.14. The zero-order valence-electron chi connectivity index (χ0n) is 12.7. The van der Waals surface area contributed by atoms with Crippen molar-refractivity contribution in [3.8, 4) is 17.4 Å². The van der Waals surface area contributed by atoms with Crippen LogP contribution in [-0.4, -0.2) is 23.3 Å². The van der Waals surface area contributed by atoms with Gasteiger partial charge in [0.1, 0.15) is 16.9 Å². The average molecular weight is 316 g/mol.